The van der Waals surface area contributed by atoms with Crippen LogP contribution in [-0.4, -0.2) is 48.8 Å². The second-order valence-electron chi connectivity index (χ2n) is 5.56. The Kier molecular flexibility index (Phi) is 4.95. The molecule has 2 aliphatic rings. The number of hydrogen-bond acceptors (Lipinski definition) is 3. The van der Waals surface area contributed by atoms with Gasteiger partial charge in [-0.05, 0) is 31.6 Å². The minimum atomic E-state index is -4.56. The van der Waals surface area contributed by atoms with Gasteiger partial charge >= 0.3 is 12.3 Å². The van der Waals surface area contributed by atoms with Gasteiger partial charge in [-0.2, -0.15) is 13.2 Å². The smallest absolute Gasteiger partial charge is 0.422 e. The molecule has 120 valence electrons. The number of nitrogens with one attached hydrogen (secondary N) is 1. The molecule has 2 amide bonds. The molecular weight excluding hydrogens is 289 g/mol. The van der Waals surface area contributed by atoms with Gasteiger partial charge in [0.2, 0.25) is 5.91 Å². The van der Waals surface area contributed by atoms with Gasteiger partial charge in [-0.1, -0.05) is 6.42 Å². The highest BCUT2D eigenvalue weighted by Crippen LogP contribution is 2.26. The van der Waals surface area contributed by atoms with Crippen molar-refractivity contribution in [1.82, 2.24) is 10.2 Å². The zero-order valence-electron chi connectivity index (χ0n) is 11.6. The van der Waals surface area contributed by atoms with Gasteiger partial charge in [0, 0.05) is 13.1 Å². The molecule has 1 heterocycles. The van der Waals surface area contributed by atoms with Crippen LogP contribution in [0.3, 0.4) is 0 Å². The number of ether oxygens (including phenoxy) is 1. The number of likely N-dealkylation sites (tertiary alicyclic amines) is 1. The molecule has 0 aromatic heterocycles. The van der Waals surface area contributed by atoms with Crippen molar-refractivity contribution in [2.24, 2.45) is 5.92 Å². The standard InChI is InChI=1S/C13H19F3N2O3/c14-13(15,16)8-21-12(20)18-6-2-5-10(18)11(19)17-7-9-3-1-4-9/h9-10H,1-8H2,(H,17,19)/t10-/m0/s1. The zero-order valence-corrected chi connectivity index (χ0v) is 11.6. The SMILES string of the molecule is O=C(NCC1CCC1)[C@@H]1CCCN1C(=O)OCC(F)(F)F. The van der Waals surface area contributed by atoms with Crippen molar-refractivity contribution in [2.75, 3.05) is 19.7 Å². The van der Waals surface area contributed by atoms with Crippen LogP contribution in [0.1, 0.15) is 32.1 Å². The second kappa shape index (κ2) is 6.53. The van der Waals surface area contributed by atoms with Crippen LogP contribution in [-0.2, 0) is 9.53 Å². The maximum absolute atomic E-state index is 12.0. The molecule has 2 rings (SSSR count). The highest BCUT2D eigenvalue weighted by Gasteiger charge is 2.37. The topological polar surface area (TPSA) is 58.6 Å². The molecule has 0 aromatic rings. The molecule has 21 heavy (non-hydrogen) atoms. The summed E-state index contributed by atoms with van der Waals surface area (Å²) < 4.78 is 40.3. The van der Waals surface area contributed by atoms with Gasteiger partial charge in [0.15, 0.2) is 6.61 Å². The summed E-state index contributed by atoms with van der Waals surface area (Å²) in [5.41, 5.74) is 0. The van der Waals surface area contributed by atoms with E-state index in [2.05, 4.69) is 10.1 Å². The van der Waals surface area contributed by atoms with Crippen molar-refractivity contribution >= 4 is 12.0 Å². The Hall–Kier alpha value is -1.47. The number of nitrogens with zero attached hydrogens (tertiary/aromatic N) is 1. The highest BCUT2D eigenvalue weighted by atomic mass is 19.4. The first-order chi connectivity index (χ1) is 9.87. The lowest BCUT2D eigenvalue weighted by Crippen LogP contribution is -2.47. The fraction of sp³-hybridized carbons (Fsp3) is 0.846. The van der Waals surface area contributed by atoms with Crippen LogP contribution in [0.25, 0.3) is 0 Å². The van der Waals surface area contributed by atoms with Crippen molar-refractivity contribution in [1.29, 1.82) is 0 Å². The molecule has 2 fully saturated rings. The van der Waals surface area contributed by atoms with E-state index < -0.39 is 24.9 Å². The van der Waals surface area contributed by atoms with Gasteiger partial charge in [-0.25, -0.2) is 4.79 Å². The Balaban J connectivity index is 1.80. The lowest BCUT2D eigenvalue weighted by atomic mass is 9.85. The van der Waals surface area contributed by atoms with Crippen LogP contribution >= 0.6 is 0 Å². The normalized spacial score (nSPS) is 22.8. The summed E-state index contributed by atoms with van der Waals surface area (Å²) >= 11 is 0. The molecule has 8 heteroatoms. The van der Waals surface area contributed by atoms with E-state index in [4.69, 9.17) is 0 Å². The number of carbonyl (C=O) groups excluding carboxylic acids is 2. The van der Waals surface area contributed by atoms with Crippen LogP contribution in [0, 0.1) is 5.92 Å². The molecule has 0 bridgehead atoms. The molecule has 1 N–H and O–H groups in total. The van der Waals surface area contributed by atoms with Crippen LogP contribution in [0.2, 0.25) is 0 Å². The predicted octanol–water partition coefficient (Wildman–Crippen LogP) is 2.07. The Bertz CT molecular complexity index is 397. The molecule has 0 radical (unpaired) electrons. The number of carbonyl (C=O) groups is 2. The van der Waals surface area contributed by atoms with E-state index in [1.165, 1.54) is 6.42 Å². The third-order valence-electron chi connectivity index (χ3n) is 3.94. The molecule has 5 nitrogen and oxygen atoms in total. The summed E-state index contributed by atoms with van der Waals surface area (Å²) in [5, 5.41) is 2.77. The van der Waals surface area contributed by atoms with Crippen LogP contribution in [0.15, 0.2) is 0 Å². The zero-order chi connectivity index (χ0) is 15.5. The fourth-order valence-corrected chi connectivity index (χ4v) is 2.54. The molecule has 1 aliphatic heterocycles. The third-order valence-corrected chi connectivity index (χ3v) is 3.94. The lowest BCUT2D eigenvalue weighted by Gasteiger charge is -2.28. The van der Waals surface area contributed by atoms with E-state index in [0.717, 1.165) is 17.7 Å². The first kappa shape index (κ1) is 15.9. The van der Waals surface area contributed by atoms with E-state index in [-0.39, 0.29) is 12.5 Å². The van der Waals surface area contributed by atoms with Crippen LogP contribution < -0.4 is 5.32 Å². The summed E-state index contributed by atoms with van der Waals surface area (Å²) in [6.45, 7) is -0.808. The van der Waals surface area contributed by atoms with Gasteiger partial charge in [0.25, 0.3) is 0 Å². The molecule has 1 saturated heterocycles. The summed E-state index contributed by atoms with van der Waals surface area (Å²) in [7, 11) is 0. The average molecular weight is 308 g/mol. The van der Waals surface area contributed by atoms with Crippen molar-refractivity contribution in [3.05, 3.63) is 0 Å². The number of alkyl halides is 3. The minimum Gasteiger partial charge on any atom is -0.440 e. The molecule has 0 unspecified atom stereocenters. The molecule has 0 spiro atoms. The Morgan fingerprint density at radius 1 is 1.19 bits per heavy atom. The van der Waals surface area contributed by atoms with Gasteiger partial charge < -0.3 is 10.1 Å². The first-order valence-electron chi connectivity index (χ1n) is 7.14. The van der Waals surface area contributed by atoms with Crippen molar-refractivity contribution < 1.29 is 27.5 Å². The van der Waals surface area contributed by atoms with Crippen molar-refractivity contribution in [2.45, 2.75) is 44.3 Å². The fourth-order valence-electron chi connectivity index (χ4n) is 2.54. The van der Waals surface area contributed by atoms with Crippen molar-refractivity contribution in [3.8, 4) is 0 Å². The minimum absolute atomic E-state index is 0.248. The van der Waals surface area contributed by atoms with Gasteiger partial charge in [-0.3, -0.25) is 9.69 Å². The van der Waals surface area contributed by atoms with Crippen LogP contribution in [0.5, 0.6) is 0 Å². The number of halogens is 3. The van der Waals surface area contributed by atoms with E-state index in [1.807, 2.05) is 0 Å². The predicted molar refractivity (Wildman–Crippen MR) is 67.5 cm³/mol. The van der Waals surface area contributed by atoms with E-state index in [0.29, 0.717) is 25.3 Å². The van der Waals surface area contributed by atoms with Gasteiger partial charge in [0.05, 0.1) is 0 Å². The lowest BCUT2D eigenvalue weighted by molar-refractivity contribution is -0.162. The maximum atomic E-state index is 12.0. The number of rotatable bonds is 4. The van der Waals surface area contributed by atoms with Crippen LogP contribution in [0.4, 0.5) is 18.0 Å². The summed E-state index contributed by atoms with van der Waals surface area (Å²) in [5.74, 6) is 0.185. The molecule has 1 aliphatic carbocycles. The van der Waals surface area contributed by atoms with Gasteiger partial charge in [-0.15, -0.1) is 0 Å². The monoisotopic (exact) mass is 308 g/mol. The van der Waals surface area contributed by atoms with E-state index >= 15 is 0 Å². The Morgan fingerprint density at radius 3 is 2.48 bits per heavy atom. The van der Waals surface area contributed by atoms with Crippen molar-refractivity contribution in [3.63, 3.8) is 0 Å². The molecular formula is C13H19F3N2O3. The van der Waals surface area contributed by atoms with E-state index in [1.54, 1.807) is 0 Å². The highest BCUT2D eigenvalue weighted by molar-refractivity contribution is 5.86. The molecule has 1 saturated carbocycles. The molecule has 0 aromatic carbocycles. The number of hydrogen-bond donors (Lipinski definition) is 1. The summed E-state index contributed by atoms with van der Waals surface area (Å²) in [6.07, 6.45) is -1.25. The summed E-state index contributed by atoms with van der Waals surface area (Å²) in [6, 6.07) is -0.717. The third kappa shape index (κ3) is 4.50. The Morgan fingerprint density at radius 2 is 1.90 bits per heavy atom. The number of amides is 2. The summed E-state index contributed by atoms with van der Waals surface area (Å²) in [4.78, 5) is 24.7. The second-order valence-corrected chi connectivity index (χ2v) is 5.56. The van der Waals surface area contributed by atoms with E-state index in [9.17, 15) is 22.8 Å². The quantitative estimate of drug-likeness (QED) is 0.865. The maximum Gasteiger partial charge on any atom is 0.422 e. The van der Waals surface area contributed by atoms with Gasteiger partial charge in [0.1, 0.15) is 6.04 Å². The Labute approximate surface area is 120 Å². The first-order valence-corrected chi connectivity index (χ1v) is 7.14. The largest absolute Gasteiger partial charge is 0.440 e. The molecule has 1 atom stereocenters. The average Bonchev–Trinajstić information content (AvgIpc) is 2.82.